The maximum atomic E-state index is 5.61. The molecule has 100 valence electrons. The topological polar surface area (TPSA) is 33.7 Å². The van der Waals surface area contributed by atoms with Crippen molar-refractivity contribution in [3.8, 4) is 0 Å². The molecule has 2 atom stereocenters. The first-order valence-corrected chi connectivity index (χ1v) is 6.84. The number of nitrogens with one attached hydrogen (secondary N) is 1. The van der Waals surface area contributed by atoms with Gasteiger partial charge >= 0.3 is 0 Å². The average molecular weight is 242 g/mol. The molecule has 0 aromatic rings. The van der Waals surface area contributed by atoms with Crippen molar-refractivity contribution >= 4 is 0 Å². The van der Waals surface area contributed by atoms with Gasteiger partial charge in [-0.05, 0) is 33.4 Å². The summed E-state index contributed by atoms with van der Waals surface area (Å²) in [5, 5.41) is 3.43. The van der Waals surface area contributed by atoms with Gasteiger partial charge in [0.25, 0.3) is 0 Å². The van der Waals surface area contributed by atoms with Crippen molar-refractivity contribution in [3.63, 3.8) is 0 Å². The van der Waals surface area contributed by atoms with Crippen LogP contribution in [0.25, 0.3) is 0 Å². The van der Waals surface area contributed by atoms with E-state index in [1.165, 1.54) is 12.8 Å². The molecule has 4 nitrogen and oxygen atoms in total. The third-order valence-corrected chi connectivity index (χ3v) is 4.18. The van der Waals surface area contributed by atoms with Gasteiger partial charge in [-0.25, -0.2) is 0 Å². The summed E-state index contributed by atoms with van der Waals surface area (Å²) in [7, 11) is 4.31. The van der Waals surface area contributed by atoms with E-state index in [4.69, 9.17) is 9.47 Å². The molecule has 0 aliphatic carbocycles. The Morgan fingerprint density at radius 1 is 1.12 bits per heavy atom. The molecular formula is C13H26N2O2. The lowest BCUT2D eigenvalue weighted by Gasteiger charge is -2.38. The smallest absolute Gasteiger partial charge is 0.0521 e. The number of nitrogens with zero attached hydrogens (tertiary/aromatic N) is 1. The van der Waals surface area contributed by atoms with Crippen molar-refractivity contribution in [2.45, 2.75) is 31.3 Å². The summed E-state index contributed by atoms with van der Waals surface area (Å²) < 4.78 is 11.0. The molecule has 17 heavy (non-hydrogen) atoms. The average Bonchev–Trinajstić information content (AvgIpc) is 2.40. The van der Waals surface area contributed by atoms with Crippen LogP contribution in [0.1, 0.15) is 19.3 Å². The fraction of sp³-hybridized carbons (Fsp3) is 1.00. The van der Waals surface area contributed by atoms with Gasteiger partial charge in [0.2, 0.25) is 0 Å². The molecule has 2 heterocycles. The predicted molar refractivity (Wildman–Crippen MR) is 68.2 cm³/mol. The Morgan fingerprint density at radius 2 is 1.82 bits per heavy atom. The van der Waals surface area contributed by atoms with E-state index in [0.29, 0.717) is 18.0 Å². The first kappa shape index (κ1) is 13.3. The van der Waals surface area contributed by atoms with Gasteiger partial charge in [0.15, 0.2) is 0 Å². The van der Waals surface area contributed by atoms with Crippen LogP contribution in [0, 0.1) is 5.92 Å². The lowest BCUT2D eigenvalue weighted by Crippen LogP contribution is -2.48. The van der Waals surface area contributed by atoms with Gasteiger partial charge < -0.3 is 19.7 Å². The number of ether oxygens (including phenoxy) is 2. The molecule has 0 bridgehead atoms. The third-order valence-electron chi connectivity index (χ3n) is 4.18. The van der Waals surface area contributed by atoms with Gasteiger partial charge in [0, 0.05) is 44.4 Å². The zero-order valence-electron chi connectivity index (χ0n) is 11.2. The van der Waals surface area contributed by atoms with E-state index in [0.717, 1.165) is 39.4 Å². The number of hydrogen-bond donors (Lipinski definition) is 1. The van der Waals surface area contributed by atoms with Crippen LogP contribution in [0.2, 0.25) is 0 Å². The van der Waals surface area contributed by atoms with Gasteiger partial charge in [0.05, 0.1) is 6.61 Å². The second-order valence-corrected chi connectivity index (χ2v) is 5.30. The van der Waals surface area contributed by atoms with Crippen LogP contribution in [0.3, 0.4) is 0 Å². The molecule has 0 aromatic heterocycles. The summed E-state index contributed by atoms with van der Waals surface area (Å²) in [6.45, 7) is 4.79. The predicted octanol–water partition coefficient (Wildman–Crippen LogP) is 0.722. The molecule has 2 unspecified atom stereocenters. The van der Waals surface area contributed by atoms with Crippen LogP contribution < -0.4 is 5.32 Å². The summed E-state index contributed by atoms with van der Waals surface area (Å²) in [5.41, 5.74) is 0. The molecule has 2 rings (SSSR count). The minimum Gasteiger partial charge on any atom is -0.381 e. The zero-order chi connectivity index (χ0) is 12.1. The minimum atomic E-state index is 0.617. The maximum absolute atomic E-state index is 5.61. The van der Waals surface area contributed by atoms with Gasteiger partial charge in [-0.1, -0.05) is 0 Å². The Labute approximate surface area is 105 Å². The Hall–Kier alpha value is -0.160. The SMILES string of the molecule is CNC1CCOCC1CN(C)C1CCOCC1. The summed E-state index contributed by atoms with van der Waals surface area (Å²) >= 11 is 0. The summed E-state index contributed by atoms with van der Waals surface area (Å²) in [4.78, 5) is 2.51. The van der Waals surface area contributed by atoms with Gasteiger partial charge in [-0.2, -0.15) is 0 Å². The van der Waals surface area contributed by atoms with E-state index in [1.807, 2.05) is 0 Å². The van der Waals surface area contributed by atoms with Crippen LogP contribution in [0.15, 0.2) is 0 Å². The molecule has 1 N–H and O–H groups in total. The molecule has 0 spiro atoms. The highest BCUT2D eigenvalue weighted by molar-refractivity contribution is 4.83. The standard InChI is InChI=1S/C13H26N2O2/c1-14-13-5-8-17-10-11(13)9-15(2)12-3-6-16-7-4-12/h11-14H,3-10H2,1-2H3. The molecule has 0 saturated carbocycles. The van der Waals surface area contributed by atoms with E-state index < -0.39 is 0 Å². The molecule has 0 amide bonds. The van der Waals surface area contributed by atoms with Gasteiger partial charge in [-0.3, -0.25) is 0 Å². The van der Waals surface area contributed by atoms with E-state index >= 15 is 0 Å². The third kappa shape index (κ3) is 3.65. The number of hydrogen-bond acceptors (Lipinski definition) is 4. The molecule has 0 radical (unpaired) electrons. The van der Waals surface area contributed by atoms with Crippen LogP contribution in [0.4, 0.5) is 0 Å². The minimum absolute atomic E-state index is 0.617. The first-order valence-electron chi connectivity index (χ1n) is 6.84. The first-order chi connectivity index (χ1) is 8.31. The van der Waals surface area contributed by atoms with Crippen molar-refractivity contribution in [1.29, 1.82) is 0 Å². The monoisotopic (exact) mass is 242 g/mol. The second-order valence-electron chi connectivity index (χ2n) is 5.30. The van der Waals surface area contributed by atoms with E-state index in [-0.39, 0.29) is 0 Å². The lowest BCUT2D eigenvalue weighted by atomic mass is 9.94. The molecule has 0 aromatic carbocycles. The van der Waals surface area contributed by atoms with Gasteiger partial charge in [-0.15, -0.1) is 0 Å². The van der Waals surface area contributed by atoms with Gasteiger partial charge in [0.1, 0.15) is 0 Å². The normalized spacial score (nSPS) is 31.9. The van der Waals surface area contributed by atoms with E-state index in [2.05, 4.69) is 24.3 Å². The molecule has 2 aliphatic heterocycles. The van der Waals surface area contributed by atoms with Crippen molar-refractivity contribution in [2.24, 2.45) is 5.92 Å². The van der Waals surface area contributed by atoms with E-state index in [9.17, 15) is 0 Å². The molecule has 4 heteroatoms. The van der Waals surface area contributed by atoms with Crippen molar-refractivity contribution in [2.75, 3.05) is 47.1 Å². The van der Waals surface area contributed by atoms with Crippen LogP contribution >= 0.6 is 0 Å². The molecular weight excluding hydrogens is 216 g/mol. The summed E-state index contributed by atoms with van der Waals surface area (Å²) in [6.07, 6.45) is 3.49. The molecule has 2 aliphatic rings. The maximum Gasteiger partial charge on any atom is 0.0521 e. The Kier molecular flexibility index (Phi) is 5.22. The van der Waals surface area contributed by atoms with E-state index in [1.54, 1.807) is 0 Å². The summed E-state index contributed by atoms with van der Waals surface area (Å²) in [6, 6.07) is 1.31. The number of rotatable bonds is 4. The van der Waals surface area contributed by atoms with Crippen LogP contribution in [-0.2, 0) is 9.47 Å². The van der Waals surface area contributed by atoms with Crippen molar-refractivity contribution < 1.29 is 9.47 Å². The fourth-order valence-electron chi connectivity index (χ4n) is 3.00. The Morgan fingerprint density at radius 3 is 2.53 bits per heavy atom. The zero-order valence-corrected chi connectivity index (χ0v) is 11.2. The van der Waals surface area contributed by atoms with Crippen molar-refractivity contribution in [3.05, 3.63) is 0 Å². The largest absolute Gasteiger partial charge is 0.381 e. The molecule has 2 fully saturated rings. The highest BCUT2D eigenvalue weighted by Crippen LogP contribution is 2.19. The molecule has 2 saturated heterocycles. The Balaban J connectivity index is 1.81. The van der Waals surface area contributed by atoms with Crippen molar-refractivity contribution in [1.82, 2.24) is 10.2 Å². The van der Waals surface area contributed by atoms with Crippen LogP contribution in [0.5, 0.6) is 0 Å². The van der Waals surface area contributed by atoms with Crippen LogP contribution in [-0.4, -0.2) is 64.1 Å². The Bertz CT molecular complexity index is 219. The highest BCUT2D eigenvalue weighted by atomic mass is 16.5. The second kappa shape index (κ2) is 6.69. The lowest BCUT2D eigenvalue weighted by molar-refractivity contribution is -0.000763. The quantitative estimate of drug-likeness (QED) is 0.788. The summed E-state index contributed by atoms with van der Waals surface area (Å²) in [5.74, 6) is 0.626. The highest BCUT2D eigenvalue weighted by Gasteiger charge is 2.28. The fourth-order valence-corrected chi connectivity index (χ4v) is 3.00.